The highest BCUT2D eigenvalue weighted by atomic mass is 127. The third-order valence-electron chi connectivity index (χ3n) is 4.70. The molecule has 1 heterocycles. The number of rotatable bonds is 11. The van der Waals surface area contributed by atoms with Crippen LogP contribution in [0.25, 0.3) is 0 Å². The van der Waals surface area contributed by atoms with Crippen LogP contribution in [0.5, 0.6) is 0 Å². The Morgan fingerprint density at radius 1 is 1.14 bits per heavy atom. The first-order valence-electron chi connectivity index (χ1n) is 10.2. The molecular formula is C21H39IN6O. The Morgan fingerprint density at radius 3 is 2.38 bits per heavy atom. The molecule has 0 fully saturated rings. The Morgan fingerprint density at radius 2 is 1.83 bits per heavy atom. The highest BCUT2D eigenvalue weighted by Gasteiger charge is 2.13. The summed E-state index contributed by atoms with van der Waals surface area (Å²) in [5.74, 6) is 0.691. The molecular weight excluding hydrogens is 479 g/mol. The van der Waals surface area contributed by atoms with Gasteiger partial charge in [-0.05, 0) is 46.2 Å². The van der Waals surface area contributed by atoms with Gasteiger partial charge in [-0.2, -0.15) is 0 Å². The molecule has 0 aliphatic rings. The molecule has 0 radical (unpaired) electrons. The van der Waals surface area contributed by atoms with Gasteiger partial charge in [0.05, 0.1) is 6.54 Å². The van der Waals surface area contributed by atoms with E-state index in [2.05, 4.69) is 53.2 Å². The molecule has 0 aromatic carbocycles. The molecule has 0 saturated carbocycles. The largest absolute Gasteiger partial charge is 0.356 e. The summed E-state index contributed by atoms with van der Waals surface area (Å²) in [6, 6.07) is 6.91. The molecule has 0 atom stereocenters. The topological polar surface area (TPSA) is 72.9 Å². The quantitative estimate of drug-likeness (QED) is 0.204. The zero-order valence-corrected chi connectivity index (χ0v) is 21.1. The molecule has 1 aromatic rings. The van der Waals surface area contributed by atoms with Crippen LogP contribution in [0.2, 0.25) is 0 Å². The fraction of sp³-hybridized carbons (Fsp3) is 0.667. The van der Waals surface area contributed by atoms with Crippen molar-refractivity contribution >= 4 is 35.8 Å². The number of hydrogen-bond acceptors (Lipinski definition) is 4. The van der Waals surface area contributed by atoms with Gasteiger partial charge in [-0.25, -0.2) is 0 Å². The number of aliphatic imine (C=N–C) groups is 1. The number of nitrogens with zero attached hydrogens (tertiary/aromatic N) is 4. The molecule has 2 N–H and O–H groups in total. The number of guanidine groups is 1. The molecule has 7 nitrogen and oxygen atoms in total. The lowest BCUT2D eigenvalue weighted by molar-refractivity contribution is -0.128. The summed E-state index contributed by atoms with van der Waals surface area (Å²) in [6.07, 6.45) is 3.54. The van der Waals surface area contributed by atoms with Gasteiger partial charge in [-0.1, -0.05) is 6.07 Å². The van der Waals surface area contributed by atoms with Gasteiger partial charge in [0.1, 0.15) is 0 Å². The van der Waals surface area contributed by atoms with Gasteiger partial charge in [0.15, 0.2) is 5.96 Å². The molecule has 0 aliphatic heterocycles. The number of carbonyl (C=O) groups is 1. The smallest absolute Gasteiger partial charge is 0.241 e. The van der Waals surface area contributed by atoms with Crippen LogP contribution >= 0.6 is 24.0 Å². The number of amides is 1. The molecule has 29 heavy (non-hydrogen) atoms. The van der Waals surface area contributed by atoms with Gasteiger partial charge in [0.25, 0.3) is 0 Å². The van der Waals surface area contributed by atoms with Crippen molar-refractivity contribution in [1.29, 1.82) is 0 Å². The fourth-order valence-corrected chi connectivity index (χ4v) is 3.05. The van der Waals surface area contributed by atoms with Crippen molar-refractivity contribution in [2.45, 2.75) is 52.6 Å². The Hall–Kier alpha value is -1.42. The average molecular weight is 518 g/mol. The van der Waals surface area contributed by atoms with Crippen LogP contribution in [-0.4, -0.2) is 79.0 Å². The average Bonchev–Trinajstić information content (AvgIpc) is 2.68. The second-order valence-electron chi connectivity index (χ2n) is 7.52. The third-order valence-corrected chi connectivity index (χ3v) is 4.70. The summed E-state index contributed by atoms with van der Waals surface area (Å²) in [4.78, 5) is 25.0. The van der Waals surface area contributed by atoms with E-state index in [-0.39, 0.29) is 36.4 Å². The number of pyridine rings is 1. The highest BCUT2D eigenvalue weighted by Crippen LogP contribution is 2.05. The zero-order valence-electron chi connectivity index (χ0n) is 18.8. The molecule has 0 unspecified atom stereocenters. The van der Waals surface area contributed by atoms with Crippen molar-refractivity contribution < 1.29 is 4.79 Å². The van der Waals surface area contributed by atoms with Crippen LogP contribution in [0.4, 0.5) is 0 Å². The molecule has 1 rings (SSSR count). The minimum absolute atomic E-state index is 0. The molecule has 1 amide bonds. The third kappa shape index (κ3) is 11.4. The van der Waals surface area contributed by atoms with Gasteiger partial charge in [-0.15, -0.1) is 24.0 Å². The number of nitrogens with one attached hydrogen (secondary N) is 2. The van der Waals surface area contributed by atoms with Crippen LogP contribution in [0.1, 0.15) is 39.8 Å². The molecule has 0 spiro atoms. The van der Waals surface area contributed by atoms with E-state index in [9.17, 15) is 4.79 Å². The first-order chi connectivity index (χ1) is 13.3. The minimum Gasteiger partial charge on any atom is -0.356 e. The number of halogens is 1. The fourth-order valence-electron chi connectivity index (χ4n) is 3.05. The second-order valence-corrected chi connectivity index (χ2v) is 7.52. The number of carbonyl (C=O) groups excluding carboxylic acids is 1. The molecule has 1 aromatic heterocycles. The Labute approximate surface area is 193 Å². The maximum atomic E-state index is 12.3. The molecule has 0 saturated heterocycles. The van der Waals surface area contributed by atoms with Crippen LogP contribution in [-0.2, 0) is 11.2 Å². The van der Waals surface area contributed by atoms with Crippen molar-refractivity contribution in [3.05, 3.63) is 30.1 Å². The summed E-state index contributed by atoms with van der Waals surface area (Å²) in [7, 11) is 3.54. The predicted octanol–water partition coefficient (Wildman–Crippen LogP) is 2.37. The zero-order chi connectivity index (χ0) is 20.9. The number of hydrogen-bond donors (Lipinski definition) is 2. The minimum atomic E-state index is 0. The second kappa shape index (κ2) is 15.4. The van der Waals surface area contributed by atoms with E-state index in [0.717, 1.165) is 31.6 Å². The molecule has 8 heteroatoms. The van der Waals surface area contributed by atoms with Crippen molar-refractivity contribution in [2.24, 2.45) is 4.99 Å². The van der Waals surface area contributed by atoms with E-state index in [1.807, 2.05) is 25.2 Å². The summed E-state index contributed by atoms with van der Waals surface area (Å²) < 4.78 is 0. The standard InChI is InChI=1S/C21H38N6O.HI/c1-17(2)27(18(3)4)14-9-13-24-21(22-5)25-16-20(28)26(6)15-11-19-10-7-8-12-23-19;/h7-8,10,12,17-18H,9,11,13-16H2,1-6H3,(H2,22,24,25);1H. The van der Waals surface area contributed by atoms with E-state index < -0.39 is 0 Å². The Bertz CT molecular complexity index is 586. The van der Waals surface area contributed by atoms with Gasteiger partial charge in [0.2, 0.25) is 5.91 Å². The lowest BCUT2D eigenvalue weighted by atomic mass is 10.2. The monoisotopic (exact) mass is 518 g/mol. The lowest BCUT2D eigenvalue weighted by Crippen LogP contribution is -2.45. The van der Waals surface area contributed by atoms with Crippen molar-refractivity contribution in [3.8, 4) is 0 Å². The Balaban J connectivity index is 0.00000784. The number of aromatic nitrogens is 1. The van der Waals surface area contributed by atoms with E-state index >= 15 is 0 Å². The predicted molar refractivity (Wildman–Crippen MR) is 132 cm³/mol. The summed E-state index contributed by atoms with van der Waals surface area (Å²) >= 11 is 0. The van der Waals surface area contributed by atoms with E-state index in [4.69, 9.17) is 0 Å². The summed E-state index contributed by atoms with van der Waals surface area (Å²) in [6.45, 7) is 11.6. The normalized spacial score (nSPS) is 11.6. The molecule has 166 valence electrons. The molecule has 0 aliphatic carbocycles. The van der Waals surface area contributed by atoms with Crippen LogP contribution < -0.4 is 10.6 Å². The maximum absolute atomic E-state index is 12.3. The van der Waals surface area contributed by atoms with Crippen molar-refractivity contribution in [2.75, 3.05) is 40.3 Å². The van der Waals surface area contributed by atoms with Gasteiger partial charge >= 0.3 is 0 Å². The van der Waals surface area contributed by atoms with Crippen LogP contribution in [0, 0.1) is 0 Å². The van der Waals surface area contributed by atoms with Gasteiger partial charge < -0.3 is 15.5 Å². The SMILES string of the molecule is CN=C(NCCCN(C(C)C)C(C)C)NCC(=O)N(C)CCc1ccccn1.I. The first-order valence-corrected chi connectivity index (χ1v) is 10.2. The summed E-state index contributed by atoms with van der Waals surface area (Å²) in [5, 5.41) is 6.39. The van der Waals surface area contributed by atoms with E-state index in [1.165, 1.54) is 0 Å². The van der Waals surface area contributed by atoms with Crippen LogP contribution in [0.15, 0.2) is 29.4 Å². The van der Waals surface area contributed by atoms with Gasteiger partial charge in [-0.3, -0.25) is 19.7 Å². The maximum Gasteiger partial charge on any atom is 0.241 e. The van der Waals surface area contributed by atoms with Crippen LogP contribution in [0.3, 0.4) is 0 Å². The Kier molecular flexibility index (Phi) is 14.7. The van der Waals surface area contributed by atoms with Crippen molar-refractivity contribution in [3.63, 3.8) is 0 Å². The highest BCUT2D eigenvalue weighted by molar-refractivity contribution is 14.0. The lowest BCUT2D eigenvalue weighted by Gasteiger charge is -2.30. The first kappa shape index (κ1) is 27.6. The molecule has 0 bridgehead atoms. The summed E-state index contributed by atoms with van der Waals surface area (Å²) in [5.41, 5.74) is 0.990. The van der Waals surface area contributed by atoms with Gasteiger partial charge in [0, 0.05) is 64.1 Å². The number of likely N-dealkylation sites (N-methyl/N-ethyl adjacent to an activating group) is 1. The van der Waals surface area contributed by atoms with Crippen molar-refractivity contribution in [1.82, 2.24) is 25.4 Å². The van der Waals surface area contributed by atoms with E-state index in [0.29, 0.717) is 24.6 Å². The van der Waals surface area contributed by atoms with E-state index in [1.54, 1.807) is 18.1 Å².